The van der Waals surface area contributed by atoms with Crippen LogP contribution in [0.25, 0.3) is 0 Å². The van der Waals surface area contributed by atoms with E-state index in [-0.39, 0.29) is 11.6 Å². The number of aliphatic hydroxyl groups is 1. The van der Waals surface area contributed by atoms with Crippen molar-refractivity contribution in [2.45, 2.75) is 32.4 Å². The quantitative estimate of drug-likeness (QED) is 0.670. The van der Waals surface area contributed by atoms with Crippen molar-refractivity contribution in [1.82, 2.24) is 10.2 Å². The summed E-state index contributed by atoms with van der Waals surface area (Å²) in [5, 5.41) is 12.9. The van der Waals surface area contributed by atoms with Crippen molar-refractivity contribution in [2.75, 3.05) is 26.2 Å². The number of fused-ring (bicyclic) bond motifs is 1. The lowest BCUT2D eigenvalue weighted by Gasteiger charge is -2.36. The Kier molecular flexibility index (Phi) is 2.58. The van der Waals surface area contributed by atoms with E-state index in [1.54, 1.807) is 0 Å². The third-order valence-corrected chi connectivity index (χ3v) is 4.00. The molecular weight excluding hydrogens is 176 g/mol. The maximum absolute atomic E-state index is 9.45. The summed E-state index contributed by atoms with van der Waals surface area (Å²) < 4.78 is 0. The van der Waals surface area contributed by atoms with Gasteiger partial charge in [0.15, 0.2) is 0 Å². The van der Waals surface area contributed by atoms with Crippen LogP contribution in [0.5, 0.6) is 0 Å². The maximum atomic E-state index is 9.45. The van der Waals surface area contributed by atoms with E-state index in [0.717, 1.165) is 38.0 Å². The first kappa shape index (κ1) is 10.4. The molecule has 0 aliphatic carbocycles. The van der Waals surface area contributed by atoms with Crippen LogP contribution in [-0.4, -0.2) is 47.8 Å². The van der Waals surface area contributed by atoms with Gasteiger partial charge in [-0.2, -0.15) is 0 Å². The van der Waals surface area contributed by atoms with Crippen LogP contribution < -0.4 is 5.32 Å². The minimum absolute atomic E-state index is 0.207. The van der Waals surface area contributed by atoms with Crippen LogP contribution >= 0.6 is 0 Å². The summed E-state index contributed by atoms with van der Waals surface area (Å²) in [4.78, 5) is 2.45. The topological polar surface area (TPSA) is 35.5 Å². The van der Waals surface area contributed by atoms with E-state index in [4.69, 9.17) is 0 Å². The molecule has 2 aliphatic rings. The Morgan fingerprint density at radius 3 is 2.79 bits per heavy atom. The van der Waals surface area contributed by atoms with Crippen LogP contribution in [0.1, 0.15) is 20.8 Å². The van der Waals surface area contributed by atoms with E-state index in [0.29, 0.717) is 0 Å². The molecule has 2 N–H and O–H groups in total. The zero-order valence-corrected chi connectivity index (χ0v) is 9.45. The molecule has 0 amide bonds. The predicted octanol–water partition coefficient (Wildman–Crippen LogP) is 0.297. The lowest BCUT2D eigenvalue weighted by Crippen LogP contribution is -2.47. The lowest BCUT2D eigenvalue weighted by molar-refractivity contribution is 0.0729. The number of rotatable bonds is 2. The lowest BCUT2D eigenvalue weighted by atomic mass is 9.85. The largest absolute Gasteiger partial charge is 0.392 e. The van der Waals surface area contributed by atoms with Crippen LogP contribution in [0, 0.1) is 11.8 Å². The molecule has 0 aromatic heterocycles. The number of β-amino-alcohol motifs (C(OH)–C–C–N with tert-alkyl or cyclic N) is 1. The first-order chi connectivity index (χ1) is 6.51. The summed E-state index contributed by atoms with van der Waals surface area (Å²) in [6.07, 6.45) is -0.207. The molecule has 3 nitrogen and oxygen atoms in total. The molecule has 0 spiro atoms. The molecule has 2 rings (SSSR count). The molecule has 0 bridgehead atoms. The molecule has 14 heavy (non-hydrogen) atoms. The van der Waals surface area contributed by atoms with Gasteiger partial charge in [0.05, 0.1) is 6.10 Å². The molecule has 2 aliphatic heterocycles. The van der Waals surface area contributed by atoms with Gasteiger partial charge < -0.3 is 10.4 Å². The Hall–Kier alpha value is -0.120. The third-order valence-electron chi connectivity index (χ3n) is 4.00. The Bertz CT molecular complexity index is 215. The predicted molar refractivity (Wildman–Crippen MR) is 57.2 cm³/mol. The van der Waals surface area contributed by atoms with Gasteiger partial charge in [-0.15, -0.1) is 0 Å². The summed E-state index contributed by atoms with van der Waals surface area (Å²) in [6, 6.07) is 0. The molecule has 82 valence electrons. The second kappa shape index (κ2) is 3.47. The fourth-order valence-electron chi connectivity index (χ4n) is 3.13. The minimum Gasteiger partial charge on any atom is -0.392 e. The summed E-state index contributed by atoms with van der Waals surface area (Å²) in [7, 11) is 0. The molecule has 0 aromatic rings. The highest BCUT2D eigenvalue weighted by Crippen LogP contribution is 2.40. The first-order valence-corrected chi connectivity index (χ1v) is 5.65. The van der Waals surface area contributed by atoms with E-state index < -0.39 is 0 Å². The van der Waals surface area contributed by atoms with Gasteiger partial charge in [-0.25, -0.2) is 0 Å². The molecule has 2 fully saturated rings. The Morgan fingerprint density at radius 1 is 1.50 bits per heavy atom. The second-order valence-electron chi connectivity index (χ2n) is 5.43. The fourth-order valence-corrected chi connectivity index (χ4v) is 3.13. The van der Waals surface area contributed by atoms with Gasteiger partial charge in [-0.05, 0) is 39.2 Å². The standard InChI is InChI=1S/C11H22N2O/c1-8(14)6-13-7-9-4-12-5-10(9)11(13,2)3/h8-10,12,14H,4-7H2,1-3H3. The highest BCUT2D eigenvalue weighted by Gasteiger charge is 2.49. The summed E-state index contributed by atoms with van der Waals surface area (Å²) in [6.45, 7) is 10.8. The van der Waals surface area contributed by atoms with Gasteiger partial charge in [0, 0.05) is 25.2 Å². The zero-order valence-electron chi connectivity index (χ0n) is 9.45. The minimum atomic E-state index is -0.207. The molecule has 0 saturated carbocycles. The van der Waals surface area contributed by atoms with Crippen LogP contribution in [0.2, 0.25) is 0 Å². The monoisotopic (exact) mass is 198 g/mol. The average Bonchev–Trinajstić information content (AvgIpc) is 2.57. The van der Waals surface area contributed by atoms with Crippen LogP contribution in [0.4, 0.5) is 0 Å². The third kappa shape index (κ3) is 1.58. The van der Waals surface area contributed by atoms with Crippen molar-refractivity contribution in [1.29, 1.82) is 0 Å². The molecular formula is C11H22N2O. The maximum Gasteiger partial charge on any atom is 0.0639 e. The Balaban J connectivity index is 2.07. The first-order valence-electron chi connectivity index (χ1n) is 5.65. The van der Waals surface area contributed by atoms with Gasteiger partial charge in [0.2, 0.25) is 0 Å². The zero-order chi connectivity index (χ0) is 10.3. The van der Waals surface area contributed by atoms with Crippen molar-refractivity contribution in [3.8, 4) is 0 Å². The summed E-state index contributed by atoms with van der Waals surface area (Å²) in [5.41, 5.74) is 0.255. The Morgan fingerprint density at radius 2 is 2.21 bits per heavy atom. The van der Waals surface area contributed by atoms with Gasteiger partial charge in [-0.1, -0.05) is 0 Å². The molecule has 2 heterocycles. The molecule has 3 unspecified atom stereocenters. The SMILES string of the molecule is CC(O)CN1CC2CNCC2C1(C)C. The fraction of sp³-hybridized carbons (Fsp3) is 1.00. The summed E-state index contributed by atoms with van der Waals surface area (Å²) in [5.74, 6) is 1.56. The number of nitrogens with zero attached hydrogens (tertiary/aromatic N) is 1. The Labute approximate surface area is 86.5 Å². The molecule has 0 radical (unpaired) electrons. The molecule has 0 aromatic carbocycles. The van der Waals surface area contributed by atoms with Crippen LogP contribution in [0.15, 0.2) is 0 Å². The highest BCUT2D eigenvalue weighted by molar-refractivity contribution is 5.04. The van der Waals surface area contributed by atoms with Crippen LogP contribution in [-0.2, 0) is 0 Å². The van der Waals surface area contributed by atoms with Crippen molar-refractivity contribution < 1.29 is 5.11 Å². The van der Waals surface area contributed by atoms with Crippen molar-refractivity contribution in [3.63, 3.8) is 0 Å². The second-order valence-corrected chi connectivity index (χ2v) is 5.43. The van der Waals surface area contributed by atoms with Gasteiger partial charge in [-0.3, -0.25) is 4.90 Å². The number of likely N-dealkylation sites (tertiary alicyclic amines) is 1. The van der Waals surface area contributed by atoms with Gasteiger partial charge >= 0.3 is 0 Å². The average molecular weight is 198 g/mol. The number of nitrogens with one attached hydrogen (secondary N) is 1. The van der Waals surface area contributed by atoms with Crippen LogP contribution in [0.3, 0.4) is 0 Å². The smallest absolute Gasteiger partial charge is 0.0639 e. The van der Waals surface area contributed by atoms with Crippen molar-refractivity contribution >= 4 is 0 Å². The molecule has 3 heteroatoms. The number of hydrogen-bond donors (Lipinski definition) is 2. The van der Waals surface area contributed by atoms with Gasteiger partial charge in [0.1, 0.15) is 0 Å². The van der Waals surface area contributed by atoms with Crippen molar-refractivity contribution in [2.24, 2.45) is 11.8 Å². The van der Waals surface area contributed by atoms with E-state index >= 15 is 0 Å². The number of aliphatic hydroxyl groups excluding tert-OH is 1. The molecule has 2 saturated heterocycles. The van der Waals surface area contributed by atoms with E-state index in [2.05, 4.69) is 24.1 Å². The number of hydrogen-bond acceptors (Lipinski definition) is 3. The van der Waals surface area contributed by atoms with Gasteiger partial charge in [0.25, 0.3) is 0 Å². The highest BCUT2D eigenvalue weighted by atomic mass is 16.3. The van der Waals surface area contributed by atoms with E-state index in [1.165, 1.54) is 0 Å². The van der Waals surface area contributed by atoms with Crippen molar-refractivity contribution in [3.05, 3.63) is 0 Å². The summed E-state index contributed by atoms with van der Waals surface area (Å²) >= 11 is 0. The normalized spacial score (nSPS) is 38.6. The van der Waals surface area contributed by atoms with E-state index in [9.17, 15) is 5.11 Å². The van der Waals surface area contributed by atoms with E-state index in [1.807, 2.05) is 6.92 Å². The molecule has 3 atom stereocenters.